The standard InChI is InChI=1S/C18H17F3N2O2S/c1-23-16-5-3-2-4-14(16)9-17(23)15-8-13(10-22-11-15)6-7-26(24,25)12-18(19,20)21/h2-5,8-11H,6-7,12H2,1H3. The van der Waals surface area contributed by atoms with Crippen molar-refractivity contribution in [1.82, 2.24) is 9.55 Å². The van der Waals surface area contributed by atoms with Crippen molar-refractivity contribution in [3.8, 4) is 11.3 Å². The zero-order chi connectivity index (χ0) is 18.9. The molecular weight excluding hydrogens is 365 g/mol. The molecule has 2 heterocycles. The summed E-state index contributed by atoms with van der Waals surface area (Å²) in [6.45, 7) is 0. The second kappa shape index (κ2) is 6.75. The highest BCUT2D eigenvalue weighted by Gasteiger charge is 2.34. The third-order valence-corrected chi connectivity index (χ3v) is 5.72. The summed E-state index contributed by atoms with van der Waals surface area (Å²) in [5, 5.41) is 1.06. The van der Waals surface area contributed by atoms with Crippen LogP contribution in [0.3, 0.4) is 0 Å². The van der Waals surface area contributed by atoms with Crippen LogP contribution < -0.4 is 0 Å². The highest BCUT2D eigenvalue weighted by molar-refractivity contribution is 7.91. The number of aromatic nitrogens is 2. The largest absolute Gasteiger partial charge is 0.402 e. The minimum Gasteiger partial charge on any atom is -0.344 e. The molecule has 0 atom stereocenters. The lowest BCUT2D eigenvalue weighted by Gasteiger charge is -2.09. The third-order valence-electron chi connectivity index (χ3n) is 4.13. The molecule has 0 aliphatic heterocycles. The van der Waals surface area contributed by atoms with E-state index < -0.39 is 27.5 Å². The predicted octanol–water partition coefficient (Wildman–Crippen LogP) is 3.76. The Morgan fingerprint density at radius 2 is 1.85 bits per heavy atom. The van der Waals surface area contributed by atoms with Crippen molar-refractivity contribution in [2.45, 2.75) is 12.6 Å². The van der Waals surface area contributed by atoms with Crippen LogP contribution in [0.1, 0.15) is 5.56 Å². The fourth-order valence-electron chi connectivity index (χ4n) is 2.93. The van der Waals surface area contributed by atoms with Crippen molar-refractivity contribution in [1.29, 1.82) is 0 Å². The summed E-state index contributed by atoms with van der Waals surface area (Å²) in [7, 11) is -2.29. The van der Waals surface area contributed by atoms with E-state index in [1.165, 1.54) is 6.20 Å². The van der Waals surface area contributed by atoms with Crippen LogP contribution in [0.2, 0.25) is 0 Å². The van der Waals surface area contributed by atoms with Gasteiger partial charge in [0.25, 0.3) is 0 Å². The van der Waals surface area contributed by atoms with Gasteiger partial charge in [0.2, 0.25) is 0 Å². The number of para-hydroxylation sites is 1. The van der Waals surface area contributed by atoms with Crippen LogP contribution in [0, 0.1) is 0 Å². The van der Waals surface area contributed by atoms with Crippen molar-refractivity contribution in [2.24, 2.45) is 7.05 Å². The molecule has 0 unspecified atom stereocenters. The fraction of sp³-hybridized carbons (Fsp3) is 0.278. The van der Waals surface area contributed by atoms with Gasteiger partial charge in [0.15, 0.2) is 9.84 Å². The molecule has 0 aliphatic carbocycles. The van der Waals surface area contributed by atoms with Crippen LogP contribution in [0.4, 0.5) is 13.2 Å². The van der Waals surface area contributed by atoms with Gasteiger partial charge in [0, 0.05) is 35.9 Å². The number of hydrogen-bond acceptors (Lipinski definition) is 3. The molecule has 0 bridgehead atoms. The molecule has 0 saturated heterocycles. The average Bonchev–Trinajstić information content (AvgIpc) is 2.89. The van der Waals surface area contributed by atoms with Gasteiger partial charge in [-0.3, -0.25) is 4.98 Å². The molecule has 3 rings (SSSR count). The molecule has 138 valence electrons. The highest BCUT2D eigenvalue weighted by atomic mass is 32.2. The SMILES string of the molecule is Cn1c(-c2cncc(CCS(=O)(=O)CC(F)(F)F)c2)cc2ccccc21. The van der Waals surface area contributed by atoms with Crippen molar-refractivity contribution < 1.29 is 21.6 Å². The van der Waals surface area contributed by atoms with Crippen LogP contribution in [-0.2, 0) is 23.3 Å². The molecule has 26 heavy (non-hydrogen) atoms. The van der Waals surface area contributed by atoms with Gasteiger partial charge in [-0.05, 0) is 30.2 Å². The molecule has 0 spiro atoms. The van der Waals surface area contributed by atoms with E-state index in [4.69, 9.17) is 0 Å². The normalized spacial score (nSPS) is 12.6. The van der Waals surface area contributed by atoms with Gasteiger partial charge in [0.05, 0.1) is 11.4 Å². The molecule has 0 aliphatic rings. The zero-order valence-corrected chi connectivity index (χ0v) is 14.8. The zero-order valence-electron chi connectivity index (χ0n) is 14.0. The smallest absolute Gasteiger partial charge is 0.344 e. The minimum atomic E-state index is -4.72. The average molecular weight is 382 g/mol. The van der Waals surface area contributed by atoms with Crippen LogP contribution in [0.25, 0.3) is 22.2 Å². The van der Waals surface area contributed by atoms with Crippen molar-refractivity contribution in [3.63, 3.8) is 0 Å². The number of aryl methyl sites for hydroxylation is 2. The monoisotopic (exact) mass is 382 g/mol. The Kier molecular flexibility index (Phi) is 4.79. The van der Waals surface area contributed by atoms with Crippen LogP contribution in [-0.4, -0.2) is 35.7 Å². The molecule has 0 fully saturated rings. The van der Waals surface area contributed by atoms with Crippen molar-refractivity contribution >= 4 is 20.7 Å². The first-order chi connectivity index (χ1) is 12.1. The molecule has 8 heteroatoms. The summed E-state index contributed by atoms with van der Waals surface area (Å²) in [6.07, 6.45) is -1.59. The number of sulfone groups is 1. The molecular formula is C18H17F3N2O2S. The van der Waals surface area contributed by atoms with Gasteiger partial charge >= 0.3 is 6.18 Å². The summed E-state index contributed by atoms with van der Waals surface area (Å²) >= 11 is 0. The van der Waals surface area contributed by atoms with Crippen molar-refractivity contribution in [3.05, 3.63) is 54.4 Å². The third kappa shape index (κ3) is 4.24. The van der Waals surface area contributed by atoms with Gasteiger partial charge in [-0.25, -0.2) is 8.42 Å². The molecule has 2 aromatic heterocycles. The van der Waals surface area contributed by atoms with E-state index in [-0.39, 0.29) is 6.42 Å². The summed E-state index contributed by atoms with van der Waals surface area (Å²) in [5.74, 6) is -2.36. The fourth-order valence-corrected chi connectivity index (χ4v) is 4.11. The first kappa shape index (κ1) is 18.4. The number of halogens is 3. The van der Waals surface area contributed by atoms with Crippen LogP contribution in [0.5, 0.6) is 0 Å². The molecule has 1 aromatic carbocycles. The lowest BCUT2D eigenvalue weighted by atomic mass is 10.1. The summed E-state index contributed by atoms with van der Waals surface area (Å²) in [6, 6.07) is 11.6. The summed E-state index contributed by atoms with van der Waals surface area (Å²) in [4.78, 5) is 4.12. The van der Waals surface area contributed by atoms with E-state index in [1.54, 1.807) is 12.3 Å². The van der Waals surface area contributed by atoms with Gasteiger partial charge < -0.3 is 4.57 Å². The van der Waals surface area contributed by atoms with E-state index >= 15 is 0 Å². The number of fused-ring (bicyclic) bond motifs is 1. The lowest BCUT2D eigenvalue weighted by molar-refractivity contribution is -0.106. The molecule has 0 N–H and O–H groups in total. The first-order valence-electron chi connectivity index (χ1n) is 7.90. The maximum absolute atomic E-state index is 12.3. The van der Waals surface area contributed by atoms with Gasteiger partial charge in [-0.1, -0.05) is 18.2 Å². The lowest BCUT2D eigenvalue weighted by Crippen LogP contribution is -2.25. The van der Waals surface area contributed by atoms with E-state index in [9.17, 15) is 21.6 Å². The number of pyridine rings is 1. The van der Waals surface area contributed by atoms with E-state index in [0.717, 1.165) is 22.2 Å². The maximum atomic E-state index is 12.3. The second-order valence-electron chi connectivity index (χ2n) is 6.19. The Labute approximate surface area is 149 Å². The van der Waals surface area contributed by atoms with E-state index in [0.29, 0.717) is 5.56 Å². The molecule has 0 amide bonds. The number of rotatable bonds is 5. The Hall–Kier alpha value is -2.35. The minimum absolute atomic E-state index is 0.0107. The first-order valence-corrected chi connectivity index (χ1v) is 9.73. The summed E-state index contributed by atoms with van der Waals surface area (Å²) < 4.78 is 62.1. The maximum Gasteiger partial charge on any atom is 0.402 e. The van der Waals surface area contributed by atoms with Gasteiger partial charge in [0.1, 0.15) is 5.75 Å². The number of hydrogen-bond donors (Lipinski definition) is 0. The Morgan fingerprint density at radius 1 is 1.12 bits per heavy atom. The van der Waals surface area contributed by atoms with E-state index in [2.05, 4.69) is 4.98 Å². The number of nitrogens with zero attached hydrogens (tertiary/aromatic N) is 2. The van der Waals surface area contributed by atoms with Crippen LogP contribution >= 0.6 is 0 Å². The number of alkyl halides is 3. The molecule has 0 radical (unpaired) electrons. The Balaban J connectivity index is 1.83. The van der Waals surface area contributed by atoms with Gasteiger partial charge in [-0.15, -0.1) is 0 Å². The molecule has 0 saturated carbocycles. The Bertz CT molecular complexity index is 1040. The van der Waals surface area contributed by atoms with Gasteiger partial charge in [-0.2, -0.15) is 13.2 Å². The number of benzene rings is 1. The van der Waals surface area contributed by atoms with Crippen molar-refractivity contribution in [2.75, 3.05) is 11.5 Å². The quantitative estimate of drug-likeness (QED) is 0.675. The molecule has 3 aromatic rings. The Morgan fingerprint density at radius 3 is 2.54 bits per heavy atom. The summed E-state index contributed by atoms with van der Waals surface area (Å²) in [5.41, 5.74) is 3.31. The predicted molar refractivity (Wildman–Crippen MR) is 94.6 cm³/mol. The second-order valence-corrected chi connectivity index (χ2v) is 8.37. The highest BCUT2D eigenvalue weighted by Crippen LogP contribution is 2.27. The topological polar surface area (TPSA) is 52.0 Å². The molecule has 4 nitrogen and oxygen atoms in total. The van der Waals surface area contributed by atoms with Crippen LogP contribution in [0.15, 0.2) is 48.8 Å². The van der Waals surface area contributed by atoms with E-state index in [1.807, 2.05) is 41.9 Å².